The second kappa shape index (κ2) is 5.71. The molecule has 0 fully saturated rings. The van der Waals surface area contributed by atoms with E-state index in [4.69, 9.17) is 4.74 Å². The van der Waals surface area contributed by atoms with Gasteiger partial charge in [-0.1, -0.05) is 42.5 Å². The number of aliphatic imine (C=N–C) groups is 1. The van der Waals surface area contributed by atoms with Crippen LogP contribution >= 0.6 is 0 Å². The summed E-state index contributed by atoms with van der Waals surface area (Å²) < 4.78 is 5.17. The molecule has 1 heterocycles. The Morgan fingerprint density at radius 1 is 1.00 bits per heavy atom. The Hall–Kier alpha value is -2.75. The van der Waals surface area contributed by atoms with Crippen LogP contribution in [0, 0.1) is 5.92 Å². The van der Waals surface area contributed by atoms with Crippen molar-refractivity contribution in [2.24, 2.45) is 10.9 Å². The van der Waals surface area contributed by atoms with E-state index in [0.717, 1.165) is 5.56 Å². The van der Waals surface area contributed by atoms with E-state index in [1.807, 2.05) is 30.3 Å². The minimum atomic E-state index is -0.955. The first-order valence-electron chi connectivity index (χ1n) is 6.64. The van der Waals surface area contributed by atoms with E-state index >= 15 is 0 Å². The number of carbonyl (C=O) groups is 2. The molecule has 0 amide bonds. The van der Waals surface area contributed by atoms with E-state index in [1.165, 1.54) is 6.21 Å². The monoisotopic (exact) mass is 279 g/mol. The summed E-state index contributed by atoms with van der Waals surface area (Å²) >= 11 is 0. The van der Waals surface area contributed by atoms with Crippen LogP contribution in [0.5, 0.6) is 5.75 Å². The Bertz CT molecular complexity index is 707. The zero-order valence-corrected chi connectivity index (χ0v) is 11.2. The van der Waals surface area contributed by atoms with Crippen LogP contribution in [0.15, 0.2) is 59.6 Å². The molecule has 1 aliphatic rings. The van der Waals surface area contributed by atoms with Crippen LogP contribution in [-0.2, 0) is 11.3 Å². The van der Waals surface area contributed by atoms with Crippen LogP contribution in [0.25, 0.3) is 0 Å². The number of para-hydroxylation sites is 1. The van der Waals surface area contributed by atoms with E-state index in [2.05, 4.69) is 4.99 Å². The smallest absolute Gasteiger partial charge is 0.327 e. The molecule has 3 rings (SSSR count). The summed E-state index contributed by atoms with van der Waals surface area (Å²) in [7, 11) is 0. The molecular formula is C17H13NO3. The van der Waals surface area contributed by atoms with Crippen molar-refractivity contribution >= 4 is 18.0 Å². The molecule has 0 spiro atoms. The largest absolute Gasteiger partial charge is 0.425 e. The van der Waals surface area contributed by atoms with Gasteiger partial charge in [0.05, 0.1) is 12.1 Å². The molecule has 0 N–H and O–H groups in total. The molecule has 0 aromatic heterocycles. The van der Waals surface area contributed by atoms with Crippen LogP contribution in [0.1, 0.15) is 15.9 Å². The number of Topliss-reactive ketones (excluding diaryl/α,β-unsaturated/α-hetero) is 1. The number of hydrogen-bond donors (Lipinski definition) is 0. The quantitative estimate of drug-likeness (QED) is 0.375. The van der Waals surface area contributed by atoms with Gasteiger partial charge in [0, 0.05) is 6.21 Å². The zero-order chi connectivity index (χ0) is 14.7. The number of ether oxygens (including phenoxy) is 1. The predicted octanol–water partition coefficient (Wildman–Crippen LogP) is 2.68. The van der Waals surface area contributed by atoms with Gasteiger partial charge in [-0.25, -0.2) is 0 Å². The molecule has 0 bridgehead atoms. The molecule has 4 nitrogen and oxygen atoms in total. The van der Waals surface area contributed by atoms with Gasteiger partial charge in [-0.05, 0) is 17.7 Å². The van der Waals surface area contributed by atoms with E-state index < -0.39 is 11.9 Å². The minimum absolute atomic E-state index is 0.265. The third-order valence-corrected chi connectivity index (χ3v) is 3.27. The molecular weight excluding hydrogens is 266 g/mol. The van der Waals surface area contributed by atoms with E-state index in [0.29, 0.717) is 17.9 Å². The second-order valence-corrected chi connectivity index (χ2v) is 4.73. The Balaban J connectivity index is 1.77. The average Bonchev–Trinajstić information content (AvgIpc) is 2.51. The summed E-state index contributed by atoms with van der Waals surface area (Å²) in [6.45, 7) is 0.430. The van der Waals surface area contributed by atoms with Gasteiger partial charge in [-0.3, -0.25) is 14.6 Å². The highest BCUT2D eigenvalue weighted by molar-refractivity contribution is 6.21. The van der Waals surface area contributed by atoms with Crippen LogP contribution < -0.4 is 4.74 Å². The van der Waals surface area contributed by atoms with Crippen molar-refractivity contribution < 1.29 is 14.3 Å². The SMILES string of the molecule is O=C1Oc2ccccc2C(=O)C1C=NCc1ccccc1. The number of carbonyl (C=O) groups excluding carboxylic acids is 2. The first kappa shape index (κ1) is 13.2. The number of nitrogens with zero attached hydrogens (tertiary/aromatic N) is 1. The lowest BCUT2D eigenvalue weighted by atomic mass is 9.95. The molecule has 0 saturated carbocycles. The summed E-state index contributed by atoms with van der Waals surface area (Å²) in [4.78, 5) is 28.3. The van der Waals surface area contributed by atoms with Gasteiger partial charge in [0.2, 0.25) is 0 Å². The van der Waals surface area contributed by atoms with Gasteiger partial charge in [-0.15, -0.1) is 0 Å². The first-order valence-corrected chi connectivity index (χ1v) is 6.64. The summed E-state index contributed by atoms with van der Waals surface area (Å²) in [5, 5.41) is 0. The maximum Gasteiger partial charge on any atom is 0.327 e. The molecule has 4 heteroatoms. The molecule has 0 aliphatic carbocycles. The number of hydrogen-bond acceptors (Lipinski definition) is 4. The van der Waals surface area contributed by atoms with Crippen molar-refractivity contribution in [3.05, 3.63) is 65.7 Å². The Morgan fingerprint density at radius 2 is 1.71 bits per heavy atom. The van der Waals surface area contributed by atoms with Crippen molar-refractivity contribution in [2.75, 3.05) is 0 Å². The number of ketones is 1. The molecule has 1 atom stereocenters. The normalized spacial score (nSPS) is 17.6. The van der Waals surface area contributed by atoms with Crippen LogP contribution in [0.2, 0.25) is 0 Å². The maximum absolute atomic E-state index is 12.3. The van der Waals surface area contributed by atoms with Crippen LogP contribution in [0.4, 0.5) is 0 Å². The van der Waals surface area contributed by atoms with Crippen LogP contribution in [-0.4, -0.2) is 18.0 Å². The Kier molecular flexibility index (Phi) is 3.60. The van der Waals surface area contributed by atoms with Crippen molar-refractivity contribution in [2.45, 2.75) is 6.54 Å². The lowest BCUT2D eigenvalue weighted by Crippen LogP contribution is -2.34. The third kappa shape index (κ3) is 2.74. The molecule has 1 unspecified atom stereocenters. The lowest BCUT2D eigenvalue weighted by molar-refractivity contribution is -0.135. The first-order chi connectivity index (χ1) is 10.3. The lowest BCUT2D eigenvalue weighted by Gasteiger charge is -2.19. The van der Waals surface area contributed by atoms with Gasteiger partial charge >= 0.3 is 5.97 Å². The topological polar surface area (TPSA) is 55.7 Å². The maximum atomic E-state index is 12.3. The van der Waals surface area contributed by atoms with Crippen molar-refractivity contribution in [3.63, 3.8) is 0 Å². The molecule has 0 radical (unpaired) electrons. The number of fused-ring (bicyclic) bond motifs is 1. The van der Waals surface area contributed by atoms with Crippen molar-refractivity contribution in [3.8, 4) is 5.75 Å². The molecule has 21 heavy (non-hydrogen) atoms. The second-order valence-electron chi connectivity index (χ2n) is 4.73. The summed E-state index contributed by atoms with van der Waals surface area (Å²) in [6, 6.07) is 16.4. The molecule has 2 aromatic rings. The Labute approximate surface area is 122 Å². The average molecular weight is 279 g/mol. The van der Waals surface area contributed by atoms with Gasteiger partial charge in [-0.2, -0.15) is 0 Å². The molecule has 104 valence electrons. The third-order valence-electron chi connectivity index (χ3n) is 3.27. The fourth-order valence-corrected chi connectivity index (χ4v) is 2.18. The van der Waals surface area contributed by atoms with Gasteiger partial charge in [0.15, 0.2) is 11.7 Å². The number of esters is 1. The predicted molar refractivity (Wildman–Crippen MR) is 78.5 cm³/mol. The highest BCUT2D eigenvalue weighted by atomic mass is 16.5. The fraction of sp³-hybridized carbons (Fsp3) is 0.118. The standard InChI is InChI=1S/C17H13NO3/c19-16-13-8-4-5-9-15(13)21-17(20)14(16)11-18-10-12-6-2-1-3-7-12/h1-9,11,14H,10H2. The van der Waals surface area contributed by atoms with Crippen molar-refractivity contribution in [1.29, 1.82) is 0 Å². The summed E-state index contributed by atoms with van der Waals surface area (Å²) in [6.07, 6.45) is 1.38. The van der Waals surface area contributed by atoms with E-state index in [9.17, 15) is 9.59 Å². The minimum Gasteiger partial charge on any atom is -0.425 e. The fourth-order valence-electron chi connectivity index (χ4n) is 2.18. The van der Waals surface area contributed by atoms with Crippen molar-refractivity contribution in [1.82, 2.24) is 0 Å². The molecule has 1 aliphatic heterocycles. The van der Waals surface area contributed by atoms with Gasteiger partial charge in [0.25, 0.3) is 0 Å². The zero-order valence-electron chi connectivity index (χ0n) is 11.2. The number of rotatable bonds is 3. The molecule has 0 saturated heterocycles. The molecule has 2 aromatic carbocycles. The van der Waals surface area contributed by atoms with Gasteiger partial charge in [0.1, 0.15) is 5.75 Å². The van der Waals surface area contributed by atoms with E-state index in [1.54, 1.807) is 24.3 Å². The summed E-state index contributed by atoms with van der Waals surface area (Å²) in [5.41, 5.74) is 1.44. The number of benzene rings is 2. The van der Waals surface area contributed by atoms with Gasteiger partial charge < -0.3 is 4.74 Å². The Morgan fingerprint density at radius 3 is 2.52 bits per heavy atom. The van der Waals surface area contributed by atoms with Crippen LogP contribution in [0.3, 0.4) is 0 Å². The summed E-state index contributed by atoms with van der Waals surface area (Å²) in [5.74, 6) is -1.47. The highest BCUT2D eigenvalue weighted by Crippen LogP contribution is 2.27. The highest BCUT2D eigenvalue weighted by Gasteiger charge is 2.34. The van der Waals surface area contributed by atoms with E-state index in [-0.39, 0.29) is 5.78 Å².